The number of rotatable bonds is 4. The Kier molecular flexibility index (Phi) is 3.24. The van der Waals surface area contributed by atoms with E-state index in [0.717, 1.165) is 35.5 Å². The van der Waals surface area contributed by atoms with Crippen molar-refractivity contribution in [1.82, 2.24) is 14.6 Å². The molecule has 1 saturated carbocycles. The highest BCUT2D eigenvalue weighted by Crippen LogP contribution is 2.29. The van der Waals surface area contributed by atoms with Gasteiger partial charge in [-0.3, -0.25) is 0 Å². The molecule has 7 heteroatoms. The lowest BCUT2D eigenvalue weighted by atomic mass is 10.2. The van der Waals surface area contributed by atoms with E-state index in [4.69, 9.17) is 5.73 Å². The van der Waals surface area contributed by atoms with E-state index in [9.17, 15) is 5.26 Å². The van der Waals surface area contributed by atoms with Gasteiger partial charge in [0, 0.05) is 23.5 Å². The molecular formula is C17H17N7. The monoisotopic (exact) mass is 319 g/mol. The average Bonchev–Trinajstić information content (AvgIpc) is 3.28. The molecule has 0 amide bonds. The van der Waals surface area contributed by atoms with Crippen molar-refractivity contribution in [3.05, 3.63) is 41.7 Å². The number of hydrogen-bond acceptors (Lipinski definition) is 6. The van der Waals surface area contributed by atoms with Gasteiger partial charge in [-0.15, -0.1) is 5.10 Å². The summed E-state index contributed by atoms with van der Waals surface area (Å²) in [5.41, 5.74) is 10.5. The van der Waals surface area contributed by atoms with Gasteiger partial charge in [0.05, 0.1) is 11.9 Å². The third-order valence-corrected chi connectivity index (χ3v) is 4.07. The number of nitrogens with one attached hydrogen (secondary N) is 2. The number of fused-ring (bicyclic) bond motifs is 1. The third-order valence-electron chi connectivity index (χ3n) is 4.07. The molecule has 0 spiro atoms. The Bertz CT molecular complexity index is 963. The van der Waals surface area contributed by atoms with Crippen molar-refractivity contribution in [3.8, 4) is 6.07 Å². The number of aromatic nitrogens is 3. The summed E-state index contributed by atoms with van der Waals surface area (Å²) < 4.78 is 1.56. The van der Waals surface area contributed by atoms with Crippen molar-refractivity contribution < 1.29 is 0 Å². The zero-order chi connectivity index (χ0) is 16.7. The van der Waals surface area contributed by atoms with Crippen LogP contribution in [0.5, 0.6) is 0 Å². The fraction of sp³-hybridized carbons (Fsp3) is 0.235. The molecule has 0 atom stereocenters. The number of imidazole rings is 1. The number of nitrogens with zero attached hydrogens (tertiary/aromatic N) is 4. The predicted molar refractivity (Wildman–Crippen MR) is 93.2 cm³/mol. The van der Waals surface area contributed by atoms with E-state index in [0.29, 0.717) is 23.2 Å². The first-order valence-corrected chi connectivity index (χ1v) is 7.82. The van der Waals surface area contributed by atoms with Crippen molar-refractivity contribution in [1.29, 1.82) is 5.26 Å². The summed E-state index contributed by atoms with van der Waals surface area (Å²) in [5.74, 6) is 0.628. The Morgan fingerprint density at radius 1 is 1.33 bits per heavy atom. The van der Waals surface area contributed by atoms with Crippen molar-refractivity contribution in [3.63, 3.8) is 0 Å². The number of benzene rings is 1. The molecule has 120 valence electrons. The van der Waals surface area contributed by atoms with Crippen LogP contribution in [0.1, 0.15) is 24.1 Å². The van der Waals surface area contributed by atoms with E-state index >= 15 is 0 Å². The maximum absolute atomic E-state index is 9.25. The first kappa shape index (κ1) is 14.3. The van der Waals surface area contributed by atoms with Gasteiger partial charge in [-0.2, -0.15) is 9.78 Å². The number of nitrogens with two attached hydrogens (primary N) is 1. The van der Waals surface area contributed by atoms with Crippen LogP contribution in [0.3, 0.4) is 0 Å². The van der Waals surface area contributed by atoms with E-state index in [2.05, 4.69) is 26.8 Å². The largest absolute Gasteiger partial charge is 0.398 e. The number of nitrogen functional groups attached to an aromatic ring is 1. The minimum absolute atomic E-state index is 0.399. The van der Waals surface area contributed by atoms with E-state index in [1.54, 1.807) is 4.52 Å². The summed E-state index contributed by atoms with van der Waals surface area (Å²) >= 11 is 0. The molecule has 7 nitrogen and oxygen atoms in total. The fourth-order valence-electron chi connectivity index (χ4n) is 2.53. The molecule has 0 saturated heterocycles. The normalized spacial score (nSPS) is 13.7. The molecule has 1 fully saturated rings. The van der Waals surface area contributed by atoms with Crippen LogP contribution < -0.4 is 16.4 Å². The Labute approximate surface area is 139 Å². The Morgan fingerprint density at radius 3 is 2.88 bits per heavy atom. The van der Waals surface area contributed by atoms with Crippen molar-refractivity contribution in [2.45, 2.75) is 25.8 Å². The van der Waals surface area contributed by atoms with Gasteiger partial charge in [0.1, 0.15) is 6.07 Å². The van der Waals surface area contributed by atoms with Crippen LogP contribution in [0.4, 0.5) is 22.9 Å². The Morgan fingerprint density at radius 2 is 2.17 bits per heavy atom. The molecule has 1 aliphatic carbocycles. The molecule has 2 aromatic heterocycles. The van der Waals surface area contributed by atoms with Gasteiger partial charge in [0.2, 0.25) is 0 Å². The lowest BCUT2D eigenvalue weighted by Crippen LogP contribution is -2.07. The van der Waals surface area contributed by atoms with E-state index in [1.807, 2.05) is 31.2 Å². The Balaban J connectivity index is 1.76. The van der Waals surface area contributed by atoms with Gasteiger partial charge in [-0.25, -0.2) is 4.98 Å². The molecule has 1 aromatic carbocycles. The Hall–Kier alpha value is -3.27. The maximum atomic E-state index is 9.25. The quantitative estimate of drug-likeness (QED) is 0.639. The van der Waals surface area contributed by atoms with E-state index in [1.165, 1.54) is 6.20 Å². The molecule has 4 N–H and O–H groups in total. The first-order valence-electron chi connectivity index (χ1n) is 7.82. The molecule has 24 heavy (non-hydrogen) atoms. The highest BCUT2D eigenvalue weighted by molar-refractivity contribution is 5.74. The van der Waals surface area contributed by atoms with Crippen molar-refractivity contribution in [2.24, 2.45) is 0 Å². The highest BCUT2D eigenvalue weighted by atomic mass is 15.3. The fourth-order valence-corrected chi connectivity index (χ4v) is 2.53. The highest BCUT2D eigenvalue weighted by Gasteiger charge is 2.23. The molecular weight excluding hydrogens is 302 g/mol. The van der Waals surface area contributed by atoms with Crippen LogP contribution in [-0.2, 0) is 0 Å². The summed E-state index contributed by atoms with van der Waals surface area (Å²) in [6.45, 7) is 1.96. The first-order chi connectivity index (χ1) is 11.6. The van der Waals surface area contributed by atoms with Crippen LogP contribution in [0.2, 0.25) is 0 Å². The number of aryl methyl sites for hydroxylation is 1. The van der Waals surface area contributed by atoms with Crippen LogP contribution in [0.15, 0.2) is 30.5 Å². The molecule has 0 unspecified atom stereocenters. The molecule has 1 aliphatic rings. The summed E-state index contributed by atoms with van der Waals surface area (Å²) in [5, 5.41) is 20.4. The number of anilines is 4. The van der Waals surface area contributed by atoms with Crippen LogP contribution >= 0.6 is 0 Å². The van der Waals surface area contributed by atoms with Gasteiger partial charge in [-0.05, 0) is 37.5 Å². The smallest absolute Gasteiger partial charge is 0.178 e. The second-order valence-electron chi connectivity index (χ2n) is 6.05. The standard InChI is InChI=1S/C17H17N7/c1-10-2-3-12(6-14(10)19)22-16-7-15(21-11-4-5-11)17-20-9-13(8-18)24(17)23-16/h2-3,6-7,9,11,21H,4-5,19H2,1H3,(H,22,23). The van der Waals surface area contributed by atoms with Gasteiger partial charge in [0.25, 0.3) is 0 Å². The lowest BCUT2D eigenvalue weighted by molar-refractivity contribution is 0.924. The minimum atomic E-state index is 0.399. The van der Waals surface area contributed by atoms with Gasteiger partial charge in [-0.1, -0.05) is 6.07 Å². The van der Waals surface area contributed by atoms with Gasteiger partial charge in [0.15, 0.2) is 17.2 Å². The minimum Gasteiger partial charge on any atom is -0.398 e. The zero-order valence-corrected chi connectivity index (χ0v) is 13.2. The second-order valence-corrected chi connectivity index (χ2v) is 6.05. The average molecular weight is 319 g/mol. The van der Waals surface area contributed by atoms with Crippen molar-refractivity contribution >= 4 is 28.5 Å². The molecule has 0 radical (unpaired) electrons. The third kappa shape index (κ3) is 2.58. The van der Waals surface area contributed by atoms with Crippen LogP contribution in [0.25, 0.3) is 5.65 Å². The molecule has 3 aromatic rings. The van der Waals surface area contributed by atoms with Gasteiger partial charge >= 0.3 is 0 Å². The van der Waals surface area contributed by atoms with Crippen LogP contribution in [-0.4, -0.2) is 20.6 Å². The SMILES string of the molecule is Cc1ccc(Nc2cc(NC3CC3)c3ncc(C#N)n3n2)cc1N. The van der Waals surface area contributed by atoms with Crippen LogP contribution in [0, 0.1) is 18.3 Å². The molecule has 0 bridgehead atoms. The van der Waals surface area contributed by atoms with E-state index in [-0.39, 0.29) is 0 Å². The summed E-state index contributed by atoms with van der Waals surface area (Å²) in [6, 6.07) is 10.3. The molecule has 0 aliphatic heterocycles. The molecule has 4 rings (SSSR count). The van der Waals surface area contributed by atoms with Crippen molar-refractivity contribution in [2.75, 3.05) is 16.4 Å². The zero-order valence-electron chi connectivity index (χ0n) is 13.2. The topological polar surface area (TPSA) is 104 Å². The second kappa shape index (κ2) is 5.42. The number of hydrogen-bond donors (Lipinski definition) is 3. The lowest BCUT2D eigenvalue weighted by Gasteiger charge is -2.12. The summed E-state index contributed by atoms with van der Waals surface area (Å²) in [7, 11) is 0. The maximum Gasteiger partial charge on any atom is 0.178 e. The summed E-state index contributed by atoms with van der Waals surface area (Å²) in [6.07, 6.45) is 3.84. The number of nitriles is 1. The van der Waals surface area contributed by atoms with E-state index < -0.39 is 0 Å². The van der Waals surface area contributed by atoms with Gasteiger partial charge < -0.3 is 16.4 Å². The summed E-state index contributed by atoms with van der Waals surface area (Å²) in [4.78, 5) is 4.31. The predicted octanol–water partition coefficient (Wildman–Crippen LogP) is 2.81. The molecule has 2 heterocycles.